The molecular formula is C24H26N4O8S. The number of ether oxygens (including phenoxy) is 3. The van der Waals surface area contributed by atoms with Gasteiger partial charge in [-0.2, -0.15) is 0 Å². The Kier molecular flexibility index (Phi) is 10.7. The molecule has 12 nitrogen and oxygen atoms in total. The molecule has 0 saturated carbocycles. The van der Waals surface area contributed by atoms with Gasteiger partial charge in [0.2, 0.25) is 0 Å². The Hall–Kier alpha value is -4.78. The zero-order chi connectivity index (χ0) is 27.3. The van der Waals surface area contributed by atoms with Crippen molar-refractivity contribution in [2.24, 2.45) is 0 Å². The van der Waals surface area contributed by atoms with Crippen LogP contribution < -0.4 is 25.8 Å². The molecule has 0 unspecified atom stereocenters. The van der Waals surface area contributed by atoms with E-state index in [1.54, 1.807) is 54.1 Å². The lowest BCUT2D eigenvalue weighted by molar-refractivity contribution is 0.168. The highest BCUT2D eigenvalue weighted by molar-refractivity contribution is 7.90. The number of hydrogen-bond donors (Lipinski definition) is 4. The summed E-state index contributed by atoms with van der Waals surface area (Å²) in [6.45, 7) is 1.99. The molecule has 0 bridgehead atoms. The van der Waals surface area contributed by atoms with Crippen LogP contribution in [0.2, 0.25) is 0 Å². The van der Waals surface area contributed by atoms with E-state index in [0.29, 0.717) is 22.8 Å². The quantitative estimate of drug-likeness (QED) is 0.341. The monoisotopic (exact) mass is 530 g/mol. The standard InChI is InChI=1S/C16H16N2O4.C8H10N2O4S/c1-2-21-15(19)18-13-9-6-10-14(11-13)22-16(20)17-12-7-4-3-5-8-12;1-14-8(11)10-15(12,13)7-4-2-6(9)3-5-7/h3-11H,2H2,1H3,(H,17,20)(H,18,19);2-5H,9H2,1H3,(H,10,11). The van der Waals surface area contributed by atoms with E-state index in [-0.39, 0.29) is 11.5 Å². The Morgan fingerprint density at radius 2 is 1.43 bits per heavy atom. The van der Waals surface area contributed by atoms with Crippen LogP contribution in [0, 0.1) is 0 Å². The average molecular weight is 531 g/mol. The summed E-state index contributed by atoms with van der Waals surface area (Å²) in [5, 5.41) is 5.13. The van der Waals surface area contributed by atoms with Gasteiger partial charge in [0.05, 0.1) is 18.6 Å². The topological polar surface area (TPSA) is 175 Å². The number of sulfonamides is 1. The number of amides is 3. The Balaban J connectivity index is 0.000000281. The van der Waals surface area contributed by atoms with Gasteiger partial charge in [-0.1, -0.05) is 24.3 Å². The molecule has 0 aliphatic rings. The van der Waals surface area contributed by atoms with Gasteiger partial charge >= 0.3 is 18.3 Å². The van der Waals surface area contributed by atoms with E-state index >= 15 is 0 Å². The molecule has 5 N–H and O–H groups in total. The van der Waals surface area contributed by atoms with E-state index in [9.17, 15) is 22.8 Å². The zero-order valence-electron chi connectivity index (χ0n) is 20.0. The van der Waals surface area contributed by atoms with Crippen LogP contribution in [0.5, 0.6) is 5.75 Å². The summed E-state index contributed by atoms with van der Waals surface area (Å²) < 4.78 is 38.7. The van der Waals surface area contributed by atoms with E-state index in [4.69, 9.17) is 15.2 Å². The van der Waals surface area contributed by atoms with Crippen LogP contribution in [0.3, 0.4) is 0 Å². The molecule has 13 heteroatoms. The van der Waals surface area contributed by atoms with Crippen molar-refractivity contribution in [3.05, 3.63) is 78.9 Å². The molecule has 0 saturated heterocycles. The number of rotatable bonds is 6. The van der Waals surface area contributed by atoms with Crippen molar-refractivity contribution in [2.75, 3.05) is 30.1 Å². The van der Waals surface area contributed by atoms with E-state index in [1.807, 2.05) is 6.07 Å². The van der Waals surface area contributed by atoms with Crippen LogP contribution in [0.4, 0.5) is 31.4 Å². The first-order valence-electron chi connectivity index (χ1n) is 10.7. The summed E-state index contributed by atoms with van der Waals surface area (Å²) in [7, 11) is -2.79. The van der Waals surface area contributed by atoms with Gasteiger partial charge < -0.3 is 19.9 Å². The fourth-order valence-corrected chi connectivity index (χ4v) is 3.47. The summed E-state index contributed by atoms with van der Waals surface area (Å²) in [4.78, 5) is 33.8. The molecule has 0 aliphatic carbocycles. The van der Waals surface area contributed by atoms with E-state index in [0.717, 1.165) is 7.11 Å². The predicted molar refractivity (Wildman–Crippen MR) is 137 cm³/mol. The molecule has 3 aromatic rings. The number of carbonyl (C=O) groups is 3. The third kappa shape index (κ3) is 10.2. The van der Waals surface area contributed by atoms with Crippen molar-refractivity contribution >= 4 is 45.4 Å². The number of hydrogen-bond acceptors (Lipinski definition) is 9. The lowest BCUT2D eigenvalue weighted by atomic mass is 10.3. The molecule has 0 heterocycles. The van der Waals surface area contributed by atoms with Gasteiger partial charge in [-0.3, -0.25) is 10.6 Å². The molecule has 3 aromatic carbocycles. The molecular weight excluding hydrogens is 504 g/mol. The molecule has 0 atom stereocenters. The second-order valence-corrected chi connectivity index (χ2v) is 8.60. The second-order valence-electron chi connectivity index (χ2n) is 6.92. The van der Waals surface area contributed by atoms with Gasteiger partial charge in [0.15, 0.2) is 0 Å². The number of carbonyl (C=O) groups excluding carboxylic acids is 3. The van der Waals surface area contributed by atoms with Crippen molar-refractivity contribution in [2.45, 2.75) is 11.8 Å². The molecule has 3 amide bonds. The number of benzene rings is 3. The Bertz CT molecular complexity index is 1300. The molecule has 0 fully saturated rings. The van der Waals surface area contributed by atoms with Gasteiger partial charge in [0.1, 0.15) is 5.75 Å². The maximum atomic E-state index is 11.8. The third-order valence-corrected chi connectivity index (χ3v) is 5.51. The van der Waals surface area contributed by atoms with E-state index in [2.05, 4.69) is 15.4 Å². The van der Waals surface area contributed by atoms with Gasteiger partial charge in [0, 0.05) is 23.1 Å². The van der Waals surface area contributed by atoms with E-state index < -0.39 is 28.3 Å². The maximum absolute atomic E-state index is 11.8. The lowest BCUT2D eigenvalue weighted by Crippen LogP contribution is -2.30. The SMILES string of the molecule is CCOC(=O)Nc1cccc(OC(=O)Nc2ccccc2)c1.COC(=O)NS(=O)(=O)c1ccc(N)cc1. The summed E-state index contributed by atoms with van der Waals surface area (Å²) in [5.74, 6) is 0.308. The summed E-state index contributed by atoms with van der Waals surface area (Å²) >= 11 is 0. The predicted octanol–water partition coefficient (Wildman–Crippen LogP) is 4.18. The van der Waals surface area contributed by atoms with Gasteiger partial charge in [0.25, 0.3) is 10.0 Å². The van der Waals surface area contributed by atoms with Crippen LogP contribution in [0.25, 0.3) is 0 Å². The summed E-state index contributed by atoms with van der Waals surface area (Å²) in [6, 6.07) is 20.9. The van der Waals surface area contributed by atoms with Crippen molar-refractivity contribution in [3.63, 3.8) is 0 Å². The van der Waals surface area contributed by atoms with Crippen LogP contribution in [0.15, 0.2) is 83.8 Å². The average Bonchev–Trinajstić information content (AvgIpc) is 2.85. The number of nitrogens with two attached hydrogens (primary N) is 1. The normalized spacial score (nSPS) is 10.1. The fourth-order valence-electron chi connectivity index (χ4n) is 2.55. The van der Waals surface area contributed by atoms with Crippen molar-refractivity contribution in [1.82, 2.24) is 4.72 Å². The number of anilines is 3. The molecule has 196 valence electrons. The first-order valence-corrected chi connectivity index (χ1v) is 12.1. The van der Waals surface area contributed by atoms with Crippen LogP contribution in [0.1, 0.15) is 6.92 Å². The second kappa shape index (κ2) is 13.9. The van der Waals surface area contributed by atoms with Gasteiger partial charge in [-0.25, -0.2) is 27.5 Å². The lowest BCUT2D eigenvalue weighted by Gasteiger charge is -2.09. The smallest absolute Gasteiger partial charge is 0.420 e. The summed E-state index contributed by atoms with van der Waals surface area (Å²) in [5.41, 5.74) is 6.94. The largest absolute Gasteiger partial charge is 0.452 e. The van der Waals surface area contributed by atoms with Crippen LogP contribution >= 0.6 is 0 Å². The highest BCUT2D eigenvalue weighted by Gasteiger charge is 2.17. The Morgan fingerprint density at radius 3 is 2.05 bits per heavy atom. The zero-order valence-corrected chi connectivity index (χ0v) is 20.8. The third-order valence-electron chi connectivity index (χ3n) is 4.18. The Labute approximate surface area is 213 Å². The molecule has 0 aromatic heterocycles. The van der Waals surface area contributed by atoms with Gasteiger partial charge in [-0.05, 0) is 55.5 Å². The van der Waals surface area contributed by atoms with E-state index in [1.165, 1.54) is 30.3 Å². The number of nitrogens with one attached hydrogen (secondary N) is 3. The van der Waals surface area contributed by atoms with Crippen molar-refractivity contribution in [3.8, 4) is 5.75 Å². The highest BCUT2D eigenvalue weighted by atomic mass is 32.2. The molecule has 0 radical (unpaired) electrons. The van der Waals surface area contributed by atoms with Crippen molar-refractivity contribution < 1.29 is 37.0 Å². The first-order chi connectivity index (χ1) is 17.6. The molecule has 37 heavy (non-hydrogen) atoms. The Morgan fingerprint density at radius 1 is 0.811 bits per heavy atom. The molecule has 0 aliphatic heterocycles. The van der Waals surface area contributed by atoms with Crippen LogP contribution in [-0.4, -0.2) is 40.4 Å². The molecule has 0 spiro atoms. The molecule has 3 rings (SSSR count). The minimum Gasteiger partial charge on any atom is -0.452 e. The number of para-hydroxylation sites is 1. The minimum absolute atomic E-state index is 0.0536. The number of methoxy groups -OCH3 is 1. The minimum atomic E-state index is -3.87. The van der Waals surface area contributed by atoms with Gasteiger partial charge in [-0.15, -0.1) is 0 Å². The highest BCUT2D eigenvalue weighted by Crippen LogP contribution is 2.18. The van der Waals surface area contributed by atoms with Crippen molar-refractivity contribution in [1.29, 1.82) is 0 Å². The maximum Gasteiger partial charge on any atom is 0.420 e. The summed E-state index contributed by atoms with van der Waals surface area (Å²) in [6.07, 6.45) is -2.21. The fraction of sp³-hybridized carbons (Fsp3) is 0.125. The first kappa shape index (κ1) is 28.5. The number of nitrogen functional groups attached to an aromatic ring is 1. The van der Waals surface area contributed by atoms with Crippen LogP contribution in [-0.2, 0) is 19.5 Å².